The number of benzene rings is 1. The third-order valence-corrected chi connectivity index (χ3v) is 2.94. The maximum Gasteiger partial charge on any atom is 0.165 e. The van der Waals surface area contributed by atoms with E-state index in [4.69, 9.17) is 21.1 Å². The zero-order valence-corrected chi connectivity index (χ0v) is 13.6. The second-order valence-corrected chi connectivity index (χ2v) is 6.21. The minimum Gasteiger partial charge on any atom is -0.490 e. The molecule has 0 saturated heterocycles. The van der Waals surface area contributed by atoms with Crippen molar-refractivity contribution < 1.29 is 14.3 Å². The van der Waals surface area contributed by atoms with Crippen molar-refractivity contribution in [2.24, 2.45) is 5.41 Å². The van der Waals surface area contributed by atoms with Crippen molar-refractivity contribution >= 4 is 17.4 Å². The summed E-state index contributed by atoms with van der Waals surface area (Å²) in [5, 5.41) is 0.408. The fourth-order valence-corrected chi connectivity index (χ4v) is 2.12. The first-order chi connectivity index (χ1) is 9.28. The Labute approximate surface area is 126 Å². The quantitative estimate of drug-likeness (QED) is 0.711. The van der Waals surface area contributed by atoms with Crippen LogP contribution in [0.2, 0.25) is 5.02 Å². The van der Waals surface area contributed by atoms with E-state index in [2.05, 4.69) is 0 Å². The van der Waals surface area contributed by atoms with Crippen molar-refractivity contribution in [1.29, 1.82) is 0 Å². The molecule has 0 unspecified atom stereocenters. The first kappa shape index (κ1) is 16.8. The van der Waals surface area contributed by atoms with Crippen molar-refractivity contribution in [2.75, 3.05) is 13.2 Å². The van der Waals surface area contributed by atoms with Crippen LogP contribution < -0.4 is 9.47 Å². The van der Waals surface area contributed by atoms with E-state index in [-0.39, 0.29) is 11.2 Å². The average molecular weight is 299 g/mol. The lowest BCUT2D eigenvalue weighted by Gasteiger charge is -2.18. The third kappa shape index (κ3) is 4.71. The van der Waals surface area contributed by atoms with Gasteiger partial charge in [-0.1, -0.05) is 32.4 Å². The van der Waals surface area contributed by atoms with Crippen LogP contribution >= 0.6 is 11.6 Å². The molecule has 0 aliphatic heterocycles. The van der Waals surface area contributed by atoms with Crippen LogP contribution in [-0.4, -0.2) is 19.0 Å². The molecule has 0 atom stereocenters. The molecule has 1 aromatic carbocycles. The Kier molecular flexibility index (Phi) is 5.88. The number of carbonyl (C=O) groups excluding carboxylic acids is 1. The molecule has 4 heteroatoms. The second kappa shape index (κ2) is 6.98. The maximum absolute atomic E-state index is 12.3. The summed E-state index contributed by atoms with van der Waals surface area (Å²) in [6.07, 6.45) is 0.437. The van der Waals surface area contributed by atoms with Gasteiger partial charge in [0.05, 0.1) is 18.2 Å². The van der Waals surface area contributed by atoms with E-state index < -0.39 is 0 Å². The van der Waals surface area contributed by atoms with Crippen molar-refractivity contribution in [3.63, 3.8) is 0 Å². The highest BCUT2D eigenvalue weighted by atomic mass is 35.5. The van der Waals surface area contributed by atoms with Crippen LogP contribution in [0.15, 0.2) is 12.1 Å². The van der Waals surface area contributed by atoms with Gasteiger partial charge in [-0.05, 0) is 25.3 Å². The summed E-state index contributed by atoms with van der Waals surface area (Å²) >= 11 is 6.20. The van der Waals surface area contributed by atoms with E-state index in [1.54, 1.807) is 12.1 Å². The minimum atomic E-state index is -0.0786. The van der Waals surface area contributed by atoms with Gasteiger partial charge in [-0.25, -0.2) is 0 Å². The van der Waals surface area contributed by atoms with Crippen LogP contribution in [0, 0.1) is 5.41 Å². The summed E-state index contributed by atoms with van der Waals surface area (Å²) in [5.41, 5.74) is 0.415. The van der Waals surface area contributed by atoms with Gasteiger partial charge in [0.25, 0.3) is 0 Å². The highest BCUT2D eigenvalue weighted by Crippen LogP contribution is 2.35. The van der Waals surface area contributed by atoms with Crippen LogP contribution in [0.3, 0.4) is 0 Å². The van der Waals surface area contributed by atoms with Crippen LogP contribution in [0.1, 0.15) is 51.4 Å². The standard InChI is InChI=1S/C16H23ClO3/c1-6-19-14-8-11(13(18)10-16(3,4)5)12(17)9-15(14)20-7-2/h8-9H,6-7,10H2,1-5H3. The Morgan fingerprint density at radius 1 is 1.10 bits per heavy atom. The molecule has 0 fully saturated rings. The number of carbonyl (C=O) groups is 1. The number of rotatable bonds is 6. The lowest BCUT2D eigenvalue weighted by Crippen LogP contribution is -2.13. The molecule has 0 aromatic heterocycles. The highest BCUT2D eigenvalue weighted by molar-refractivity contribution is 6.34. The van der Waals surface area contributed by atoms with Gasteiger partial charge in [0, 0.05) is 18.1 Å². The van der Waals surface area contributed by atoms with Gasteiger partial charge in [0.2, 0.25) is 0 Å². The monoisotopic (exact) mass is 298 g/mol. The maximum atomic E-state index is 12.3. The molecule has 3 nitrogen and oxygen atoms in total. The summed E-state index contributed by atoms with van der Waals surface area (Å²) in [6, 6.07) is 3.34. The Morgan fingerprint density at radius 3 is 2.05 bits per heavy atom. The molecule has 0 spiro atoms. The minimum absolute atomic E-state index is 0.0199. The molecule has 1 aromatic rings. The number of Topliss-reactive ketones (excluding diaryl/α,β-unsaturated/α-hetero) is 1. The zero-order valence-electron chi connectivity index (χ0n) is 12.9. The van der Waals surface area contributed by atoms with Crippen molar-refractivity contribution in [1.82, 2.24) is 0 Å². The zero-order chi connectivity index (χ0) is 15.3. The van der Waals surface area contributed by atoms with E-state index >= 15 is 0 Å². The summed E-state index contributed by atoms with van der Waals surface area (Å²) in [7, 11) is 0. The first-order valence-corrected chi connectivity index (χ1v) is 7.28. The molecule has 0 bridgehead atoms. The molecule has 20 heavy (non-hydrogen) atoms. The molecule has 112 valence electrons. The summed E-state index contributed by atoms with van der Waals surface area (Å²) < 4.78 is 11.0. The summed E-state index contributed by atoms with van der Waals surface area (Å²) in [5.74, 6) is 1.16. The number of ketones is 1. The molecule has 0 radical (unpaired) electrons. The highest BCUT2D eigenvalue weighted by Gasteiger charge is 2.21. The van der Waals surface area contributed by atoms with Crippen molar-refractivity contribution in [3.8, 4) is 11.5 Å². The molecule has 0 heterocycles. The lowest BCUT2D eigenvalue weighted by molar-refractivity contribution is 0.0939. The molecule has 0 saturated carbocycles. The Balaban J connectivity index is 3.14. The molecular weight excluding hydrogens is 276 g/mol. The van der Waals surface area contributed by atoms with Gasteiger partial charge in [0.1, 0.15) is 0 Å². The van der Waals surface area contributed by atoms with Crippen molar-refractivity contribution in [3.05, 3.63) is 22.7 Å². The van der Waals surface area contributed by atoms with E-state index in [0.717, 1.165) is 0 Å². The van der Waals surface area contributed by atoms with Gasteiger partial charge in [-0.15, -0.1) is 0 Å². The molecule has 0 amide bonds. The number of halogens is 1. The summed E-state index contributed by atoms with van der Waals surface area (Å²) in [4.78, 5) is 12.3. The van der Waals surface area contributed by atoms with E-state index in [9.17, 15) is 4.79 Å². The van der Waals surface area contributed by atoms with Crippen LogP contribution in [0.4, 0.5) is 0 Å². The molecular formula is C16H23ClO3. The predicted octanol–water partition coefficient (Wildman–Crippen LogP) is 4.76. The topological polar surface area (TPSA) is 35.5 Å². The van der Waals surface area contributed by atoms with Crippen LogP contribution in [0.5, 0.6) is 11.5 Å². The predicted molar refractivity (Wildman–Crippen MR) is 82.2 cm³/mol. The normalized spacial score (nSPS) is 11.3. The van der Waals surface area contributed by atoms with E-state index in [0.29, 0.717) is 41.7 Å². The second-order valence-electron chi connectivity index (χ2n) is 5.81. The first-order valence-electron chi connectivity index (χ1n) is 6.90. The van der Waals surface area contributed by atoms with Gasteiger partial charge in [-0.2, -0.15) is 0 Å². The van der Waals surface area contributed by atoms with Gasteiger partial charge >= 0.3 is 0 Å². The third-order valence-electron chi connectivity index (χ3n) is 2.62. The van der Waals surface area contributed by atoms with E-state index in [1.165, 1.54) is 0 Å². The van der Waals surface area contributed by atoms with Crippen LogP contribution in [-0.2, 0) is 0 Å². The fourth-order valence-electron chi connectivity index (χ4n) is 1.86. The SMILES string of the molecule is CCOc1cc(Cl)c(C(=O)CC(C)(C)C)cc1OCC. The Hall–Kier alpha value is -1.22. The summed E-state index contributed by atoms with van der Waals surface area (Å²) in [6.45, 7) is 10.9. The number of ether oxygens (including phenoxy) is 2. The van der Waals surface area contributed by atoms with Crippen molar-refractivity contribution in [2.45, 2.75) is 41.0 Å². The van der Waals surface area contributed by atoms with E-state index in [1.807, 2.05) is 34.6 Å². The molecule has 0 N–H and O–H groups in total. The lowest BCUT2D eigenvalue weighted by atomic mass is 9.88. The molecule has 1 rings (SSSR count). The molecule has 0 aliphatic carbocycles. The number of hydrogen-bond donors (Lipinski definition) is 0. The largest absolute Gasteiger partial charge is 0.490 e. The molecule has 0 aliphatic rings. The van der Waals surface area contributed by atoms with Crippen LogP contribution in [0.25, 0.3) is 0 Å². The Bertz CT molecular complexity index is 475. The van der Waals surface area contributed by atoms with Gasteiger partial charge in [-0.3, -0.25) is 4.79 Å². The number of hydrogen-bond acceptors (Lipinski definition) is 3. The smallest absolute Gasteiger partial charge is 0.165 e. The fraction of sp³-hybridized carbons (Fsp3) is 0.562. The Morgan fingerprint density at radius 2 is 1.60 bits per heavy atom. The average Bonchev–Trinajstić information content (AvgIpc) is 2.30. The van der Waals surface area contributed by atoms with Gasteiger partial charge in [0.15, 0.2) is 17.3 Å². The van der Waals surface area contributed by atoms with Gasteiger partial charge < -0.3 is 9.47 Å².